The predicted molar refractivity (Wildman–Crippen MR) is 127 cm³/mol. The van der Waals surface area contributed by atoms with Gasteiger partial charge >= 0.3 is 0 Å². The van der Waals surface area contributed by atoms with Crippen LogP contribution in [0, 0.1) is 0 Å². The van der Waals surface area contributed by atoms with Crippen LogP contribution in [0.25, 0.3) is 43.7 Å². The number of rotatable bonds is 3. The number of para-hydroxylation sites is 1. The molecule has 6 rings (SSSR count). The molecular weight excluding hydrogens is 398 g/mol. The molecule has 0 bridgehead atoms. The summed E-state index contributed by atoms with van der Waals surface area (Å²) in [7, 11) is 0. The van der Waals surface area contributed by atoms with E-state index in [4.69, 9.17) is 0 Å². The van der Waals surface area contributed by atoms with E-state index in [9.17, 15) is 5.11 Å². The first-order valence-electron chi connectivity index (χ1n) is 10.2. The van der Waals surface area contributed by atoms with E-state index in [2.05, 4.69) is 49.7 Å². The van der Waals surface area contributed by atoms with Gasteiger partial charge < -0.3 is 10.1 Å². The van der Waals surface area contributed by atoms with Crippen molar-refractivity contribution in [2.75, 3.05) is 0 Å². The van der Waals surface area contributed by atoms with Crippen molar-refractivity contribution in [2.24, 2.45) is 10.2 Å². The van der Waals surface area contributed by atoms with Crippen molar-refractivity contribution in [2.45, 2.75) is 0 Å². The first kappa shape index (κ1) is 18.2. The van der Waals surface area contributed by atoms with Gasteiger partial charge in [-0.25, -0.2) is 0 Å². The third-order valence-corrected chi connectivity index (χ3v) is 5.62. The zero-order valence-electron chi connectivity index (χ0n) is 16.9. The summed E-state index contributed by atoms with van der Waals surface area (Å²) in [6.45, 7) is 0. The Bertz CT molecular complexity index is 1650. The number of aromatic hydroxyl groups is 1. The predicted octanol–water partition coefficient (Wildman–Crippen LogP) is 7.05. The lowest BCUT2D eigenvalue weighted by Gasteiger charge is -2.09. The molecule has 152 valence electrons. The van der Waals surface area contributed by atoms with Gasteiger partial charge in [-0.3, -0.25) is 0 Å². The molecule has 6 nitrogen and oxygen atoms in total. The van der Waals surface area contributed by atoms with Crippen LogP contribution in [-0.2, 0) is 0 Å². The summed E-state index contributed by atoms with van der Waals surface area (Å²) in [5.74, 6) is 0.369. The van der Waals surface area contributed by atoms with Crippen molar-refractivity contribution >= 4 is 44.0 Å². The molecular formula is C26H17N5O. The minimum atomic E-state index is -0.0282. The molecule has 32 heavy (non-hydrogen) atoms. The SMILES string of the molecule is Oc1[nH]c2ccccc2c1N=Nc1nnc(-c2cccc3ccccc23)c2ccccc12. The van der Waals surface area contributed by atoms with Crippen LogP contribution in [0.15, 0.2) is 101 Å². The molecule has 0 unspecified atom stereocenters. The van der Waals surface area contributed by atoms with E-state index in [1.54, 1.807) is 0 Å². The van der Waals surface area contributed by atoms with Crippen LogP contribution in [0.5, 0.6) is 5.88 Å². The quantitative estimate of drug-likeness (QED) is 0.304. The Kier molecular flexibility index (Phi) is 4.14. The molecule has 0 aliphatic heterocycles. The fourth-order valence-electron chi connectivity index (χ4n) is 4.11. The molecule has 6 heteroatoms. The lowest BCUT2D eigenvalue weighted by atomic mass is 9.99. The van der Waals surface area contributed by atoms with Crippen LogP contribution in [-0.4, -0.2) is 20.3 Å². The minimum absolute atomic E-state index is 0.0282. The van der Waals surface area contributed by atoms with E-state index in [0.29, 0.717) is 11.5 Å². The van der Waals surface area contributed by atoms with Gasteiger partial charge in [0, 0.05) is 21.7 Å². The highest BCUT2D eigenvalue weighted by molar-refractivity contribution is 6.05. The second kappa shape index (κ2) is 7.28. The molecule has 0 aliphatic rings. The Labute approximate surface area is 182 Å². The molecule has 0 fully saturated rings. The van der Waals surface area contributed by atoms with Crippen molar-refractivity contribution in [1.29, 1.82) is 0 Å². The summed E-state index contributed by atoms with van der Waals surface area (Å²) < 4.78 is 0. The average Bonchev–Trinajstić information content (AvgIpc) is 3.17. The van der Waals surface area contributed by atoms with Gasteiger partial charge in [0.05, 0.1) is 5.52 Å². The van der Waals surface area contributed by atoms with Crippen LogP contribution >= 0.6 is 0 Å². The zero-order valence-corrected chi connectivity index (χ0v) is 16.9. The number of nitrogens with one attached hydrogen (secondary N) is 1. The highest BCUT2D eigenvalue weighted by atomic mass is 16.3. The fourth-order valence-corrected chi connectivity index (χ4v) is 4.11. The minimum Gasteiger partial charge on any atom is -0.493 e. The number of hydrogen-bond donors (Lipinski definition) is 2. The van der Waals surface area contributed by atoms with E-state index in [0.717, 1.165) is 43.7 Å². The molecule has 0 aliphatic carbocycles. The van der Waals surface area contributed by atoms with Gasteiger partial charge in [0.1, 0.15) is 5.69 Å². The normalized spacial score (nSPS) is 11.8. The van der Waals surface area contributed by atoms with E-state index in [-0.39, 0.29) is 5.88 Å². The van der Waals surface area contributed by atoms with Crippen molar-refractivity contribution in [1.82, 2.24) is 15.2 Å². The zero-order chi connectivity index (χ0) is 21.5. The van der Waals surface area contributed by atoms with Gasteiger partial charge in [-0.1, -0.05) is 84.9 Å². The topological polar surface area (TPSA) is 86.5 Å². The molecule has 0 saturated heterocycles. The summed E-state index contributed by atoms with van der Waals surface area (Å²) >= 11 is 0. The van der Waals surface area contributed by atoms with E-state index in [1.165, 1.54) is 0 Å². The lowest BCUT2D eigenvalue weighted by molar-refractivity contribution is 0.459. The Balaban J connectivity index is 1.52. The van der Waals surface area contributed by atoms with E-state index in [1.807, 2.05) is 66.7 Å². The van der Waals surface area contributed by atoms with Crippen LogP contribution in [0.3, 0.4) is 0 Å². The van der Waals surface area contributed by atoms with Gasteiger partial charge in [0.2, 0.25) is 11.7 Å². The second-order valence-electron chi connectivity index (χ2n) is 7.51. The maximum absolute atomic E-state index is 10.3. The maximum Gasteiger partial charge on any atom is 0.218 e. The lowest BCUT2D eigenvalue weighted by Crippen LogP contribution is -1.92. The van der Waals surface area contributed by atoms with E-state index >= 15 is 0 Å². The molecule has 0 amide bonds. The van der Waals surface area contributed by atoms with Gasteiger partial charge in [-0.15, -0.1) is 20.4 Å². The number of fused-ring (bicyclic) bond motifs is 3. The summed E-state index contributed by atoms with van der Waals surface area (Å²) in [4.78, 5) is 2.91. The number of aromatic amines is 1. The highest BCUT2D eigenvalue weighted by Gasteiger charge is 2.14. The molecule has 0 spiro atoms. The van der Waals surface area contributed by atoms with Crippen LogP contribution in [0.2, 0.25) is 0 Å². The standard InChI is InChI=1S/C26H17N5O/c32-26-24(21-13-5-6-15-22(21)27-26)29-31-25-20-12-4-3-11-19(20)23(28-30-25)18-14-7-9-16-8-1-2-10-17(16)18/h1-15,27,32H. The van der Waals surface area contributed by atoms with Crippen LogP contribution in [0.4, 0.5) is 11.5 Å². The maximum atomic E-state index is 10.3. The summed E-state index contributed by atoms with van der Waals surface area (Å²) in [6, 6.07) is 29.9. The first-order chi connectivity index (χ1) is 15.8. The van der Waals surface area contributed by atoms with Gasteiger partial charge in [-0.05, 0) is 16.8 Å². The molecule has 2 aromatic heterocycles. The monoisotopic (exact) mass is 415 g/mol. The first-order valence-corrected chi connectivity index (χ1v) is 10.2. The van der Waals surface area contributed by atoms with Crippen LogP contribution in [0.1, 0.15) is 0 Å². The third kappa shape index (κ3) is 2.89. The summed E-state index contributed by atoms with van der Waals surface area (Å²) in [5, 5.41) is 32.7. The molecule has 6 aromatic rings. The second-order valence-corrected chi connectivity index (χ2v) is 7.51. The molecule has 2 N–H and O–H groups in total. The summed E-state index contributed by atoms with van der Waals surface area (Å²) in [6.07, 6.45) is 0. The Morgan fingerprint density at radius 1 is 0.625 bits per heavy atom. The van der Waals surface area contributed by atoms with Gasteiger partial charge in [0.15, 0.2) is 5.69 Å². The number of nitrogens with zero attached hydrogens (tertiary/aromatic N) is 4. The molecule has 0 atom stereocenters. The van der Waals surface area contributed by atoms with Crippen LogP contribution < -0.4 is 0 Å². The largest absolute Gasteiger partial charge is 0.493 e. The highest BCUT2D eigenvalue weighted by Crippen LogP contribution is 2.38. The molecule has 0 saturated carbocycles. The van der Waals surface area contributed by atoms with Crippen molar-refractivity contribution in [3.05, 3.63) is 91.0 Å². The molecule has 4 aromatic carbocycles. The van der Waals surface area contributed by atoms with E-state index < -0.39 is 0 Å². The Morgan fingerprint density at radius 2 is 1.31 bits per heavy atom. The molecule has 0 radical (unpaired) electrons. The number of aromatic nitrogens is 3. The number of hydrogen-bond acceptors (Lipinski definition) is 5. The third-order valence-electron chi connectivity index (χ3n) is 5.62. The number of benzene rings is 4. The Morgan fingerprint density at radius 3 is 2.19 bits per heavy atom. The fraction of sp³-hybridized carbons (Fsp3) is 0. The Hall–Kier alpha value is -4.58. The number of H-pyrrole nitrogens is 1. The van der Waals surface area contributed by atoms with Gasteiger partial charge in [-0.2, -0.15) is 0 Å². The molecule has 2 heterocycles. The van der Waals surface area contributed by atoms with Crippen molar-refractivity contribution < 1.29 is 5.11 Å². The number of azo groups is 1. The van der Waals surface area contributed by atoms with Gasteiger partial charge in [0.25, 0.3) is 0 Å². The van der Waals surface area contributed by atoms with Crippen molar-refractivity contribution in [3.8, 4) is 17.1 Å². The van der Waals surface area contributed by atoms with Crippen molar-refractivity contribution in [3.63, 3.8) is 0 Å². The summed E-state index contributed by atoms with van der Waals surface area (Å²) in [5.41, 5.74) is 2.99. The smallest absolute Gasteiger partial charge is 0.218 e. The average molecular weight is 415 g/mol.